The average molecular weight is 539 g/mol. The number of hydrogen-bond donors (Lipinski definition) is 1. The number of esters is 1. The summed E-state index contributed by atoms with van der Waals surface area (Å²) < 4.78 is 17.9. The van der Waals surface area contributed by atoms with Crippen molar-refractivity contribution in [2.24, 2.45) is 7.05 Å². The molecule has 0 bridgehead atoms. The van der Waals surface area contributed by atoms with Crippen LogP contribution in [-0.4, -0.2) is 46.6 Å². The second-order valence-corrected chi connectivity index (χ2v) is 9.71. The molecule has 4 rings (SSSR count). The van der Waals surface area contributed by atoms with Crippen LogP contribution in [0, 0.1) is 0 Å². The van der Waals surface area contributed by atoms with Crippen LogP contribution in [-0.2, 0) is 16.6 Å². The van der Waals surface area contributed by atoms with Gasteiger partial charge in [0.2, 0.25) is 5.91 Å². The van der Waals surface area contributed by atoms with Crippen molar-refractivity contribution in [1.82, 2.24) is 14.8 Å². The molecule has 2 aromatic heterocycles. The summed E-state index contributed by atoms with van der Waals surface area (Å²) in [5.41, 5.74) is 1.79. The summed E-state index contributed by atoms with van der Waals surface area (Å²) in [6.07, 6.45) is -0.326. The van der Waals surface area contributed by atoms with E-state index in [0.717, 1.165) is 11.3 Å². The fourth-order valence-electron chi connectivity index (χ4n) is 3.59. The van der Waals surface area contributed by atoms with Crippen molar-refractivity contribution in [1.29, 1.82) is 0 Å². The van der Waals surface area contributed by atoms with Gasteiger partial charge in [-0.2, -0.15) is 0 Å². The van der Waals surface area contributed by atoms with Gasteiger partial charge in [-0.3, -0.25) is 4.79 Å². The number of para-hydroxylation sites is 1. The van der Waals surface area contributed by atoms with Crippen LogP contribution in [0.15, 0.2) is 65.1 Å². The second kappa shape index (κ2) is 11.9. The van der Waals surface area contributed by atoms with Gasteiger partial charge in [0.1, 0.15) is 22.1 Å². The number of thiophene rings is 1. The molecular weight excluding hydrogens is 512 g/mol. The molecule has 1 N–H and O–H groups in total. The molecule has 0 aliphatic rings. The molecule has 1 atom stereocenters. The fourth-order valence-corrected chi connectivity index (χ4v) is 5.28. The molecule has 37 heavy (non-hydrogen) atoms. The molecule has 0 saturated heterocycles. The summed E-state index contributed by atoms with van der Waals surface area (Å²) >= 11 is 2.51. The molecule has 1 unspecified atom stereocenters. The van der Waals surface area contributed by atoms with E-state index < -0.39 is 5.97 Å². The Kier molecular flexibility index (Phi) is 8.47. The van der Waals surface area contributed by atoms with E-state index in [1.165, 1.54) is 30.2 Å². The molecule has 2 heterocycles. The third-order valence-electron chi connectivity index (χ3n) is 5.46. The molecule has 0 aliphatic carbocycles. The van der Waals surface area contributed by atoms with Gasteiger partial charge in [-0.05, 0) is 36.8 Å². The summed E-state index contributed by atoms with van der Waals surface area (Å²) in [5.74, 6) is 1.35. The number of thioether (sulfide) groups is 1. The maximum absolute atomic E-state index is 12.8. The quantitative estimate of drug-likeness (QED) is 0.217. The smallest absolute Gasteiger partial charge is 0.341 e. The molecular formula is C26H26N4O5S2. The van der Waals surface area contributed by atoms with Crippen molar-refractivity contribution in [3.8, 4) is 22.6 Å². The number of carbonyl (C=O) groups is 2. The topological polar surface area (TPSA) is 105 Å². The van der Waals surface area contributed by atoms with Gasteiger partial charge in [0.05, 0.1) is 20.0 Å². The van der Waals surface area contributed by atoms with E-state index in [9.17, 15) is 9.59 Å². The Labute approximate surface area is 222 Å². The zero-order valence-corrected chi connectivity index (χ0v) is 22.4. The van der Waals surface area contributed by atoms with Crippen LogP contribution in [0.2, 0.25) is 0 Å². The van der Waals surface area contributed by atoms with E-state index in [2.05, 4.69) is 15.5 Å². The minimum Gasteiger partial charge on any atom is -0.497 e. The molecule has 0 spiro atoms. The van der Waals surface area contributed by atoms with Crippen molar-refractivity contribution in [3.05, 3.63) is 71.4 Å². The van der Waals surface area contributed by atoms with E-state index in [4.69, 9.17) is 14.2 Å². The SMILES string of the molecule is COC(=O)c1c(-c2ccc(OC)cc2)csc1NC(=O)CSc1nnc(C(C)Oc2ccccc2)n1C. The van der Waals surface area contributed by atoms with Crippen LogP contribution < -0.4 is 14.8 Å². The number of nitrogens with one attached hydrogen (secondary N) is 1. The third kappa shape index (κ3) is 6.12. The van der Waals surface area contributed by atoms with Gasteiger partial charge in [0, 0.05) is 18.0 Å². The standard InChI is InChI=1S/C26H26N4O5S2/c1-16(35-19-8-6-5-7-9-19)23-28-29-26(30(23)2)37-15-21(31)27-24-22(25(32)34-4)20(14-36-24)17-10-12-18(33-3)13-11-17/h5-14,16H,15H2,1-4H3,(H,27,31). The number of methoxy groups -OCH3 is 2. The zero-order valence-electron chi connectivity index (χ0n) is 20.8. The van der Waals surface area contributed by atoms with Crippen LogP contribution in [0.5, 0.6) is 11.5 Å². The summed E-state index contributed by atoms with van der Waals surface area (Å²) in [4.78, 5) is 25.4. The molecule has 1 amide bonds. The Balaban J connectivity index is 1.43. The Hall–Kier alpha value is -3.83. The number of rotatable bonds is 10. The summed E-state index contributed by atoms with van der Waals surface area (Å²) in [6, 6.07) is 16.8. The Morgan fingerprint density at radius 3 is 2.46 bits per heavy atom. The second-order valence-electron chi connectivity index (χ2n) is 7.88. The van der Waals surface area contributed by atoms with E-state index in [1.807, 2.05) is 73.9 Å². The van der Waals surface area contributed by atoms with Gasteiger partial charge in [0.15, 0.2) is 17.1 Å². The highest BCUT2D eigenvalue weighted by Crippen LogP contribution is 2.37. The van der Waals surface area contributed by atoms with Gasteiger partial charge in [0.25, 0.3) is 0 Å². The molecule has 0 aliphatic heterocycles. The molecule has 192 valence electrons. The first kappa shape index (κ1) is 26.2. The van der Waals surface area contributed by atoms with Gasteiger partial charge in [-0.1, -0.05) is 42.1 Å². The van der Waals surface area contributed by atoms with Gasteiger partial charge < -0.3 is 24.1 Å². The van der Waals surface area contributed by atoms with Gasteiger partial charge in [-0.25, -0.2) is 4.79 Å². The third-order valence-corrected chi connectivity index (χ3v) is 7.37. The highest BCUT2D eigenvalue weighted by atomic mass is 32.2. The molecule has 2 aromatic carbocycles. The summed E-state index contributed by atoms with van der Waals surface area (Å²) in [5, 5.41) is 14.1. The minimum atomic E-state index is -0.527. The largest absolute Gasteiger partial charge is 0.497 e. The van der Waals surface area contributed by atoms with Crippen molar-refractivity contribution in [3.63, 3.8) is 0 Å². The van der Waals surface area contributed by atoms with Crippen molar-refractivity contribution in [2.75, 3.05) is 25.3 Å². The summed E-state index contributed by atoms with van der Waals surface area (Å²) in [6.45, 7) is 1.89. The highest BCUT2D eigenvalue weighted by molar-refractivity contribution is 7.99. The first-order chi connectivity index (χ1) is 17.9. The number of nitrogens with zero attached hydrogens (tertiary/aromatic N) is 3. The minimum absolute atomic E-state index is 0.0796. The number of amides is 1. The summed E-state index contributed by atoms with van der Waals surface area (Å²) in [7, 11) is 4.73. The van der Waals surface area contributed by atoms with Crippen molar-refractivity contribution >= 4 is 40.0 Å². The maximum Gasteiger partial charge on any atom is 0.341 e. The molecule has 4 aromatic rings. The van der Waals surface area contributed by atoms with Crippen molar-refractivity contribution in [2.45, 2.75) is 18.2 Å². The number of aromatic nitrogens is 3. The number of carbonyl (C=O) groups excluding carboxylic acids is 2. The van der Waals surface area contributed by atoms with Crippen LogP contribution in [0.4, 0.5) is 5.00 Å². The lowest BCUT2D eigenvalue weighted by Gasteiger charge is -2.14. The van der Waals surface area contributed by atoms with Gasteiger partial charge in [-0.15, -0.1) is 21.5 Å². The van der Waals surface area contributed by atoms with Gasteiger partial charge >= 0.3 is 5.97 Å². The molecule has 0 saturated carbocycles. The van der Waals surface area contributed by atoms with E-state index in [1.54, 1.807) is 11.7 Å². The lowest BCUT2D eigenvalue weighted by Crippen LogP contribution is -2.16. The zero-order chi connectivity index (χ0) is 26.4. The number of anilines is 1. The number of benzene rings is 2. The number of ether oxygens (including phenoxy) is 3. The predicted molar refractivity (Wildman–Crippen MR) is 143 cm³/mol. The Morgan fingerprint density at radius 2 is 1.78 bits per heavy atom. The van der Waals surface area contributed by atoms with E-state index in [0.29, 0.717) is 32.9 Å². The van der Waals surface area contributed by atoms with E-state index >= 15 is 0 Å². The highest BCUT2D eigenvalue weighted by Gasteiger charge is 2.23. The fraction of sp³-hybridized carbons (Fsp3) is 0.231. The average Bonchev–Trinajstić information content (AvgIpc) is 3.50. The van der Waals surface area contributed by atoms with E-state index in [-0.39, 0.29) is 17.8 Å². The maximum atomic E-state index is 12.8. The van der Waals surface area contributed by atoms with Crippen LogP contribution in [0.25, 0.3) is 11.1 Å². The monoisotopic (exact) mass is 538 g/mol. The van der Waals surface area contributed by atoms with Crippen LogP contribution >= 0.6 is 23.1 Å². The first-order valence-corrected chi connectivity index (χ1v) is 13.2. The lowest BCUT2D eigenvalue weighted by molar-refractivity contribution is -0.113. The first-order valence-electron chi connectivity index (χ1n) is 11.3. The lowest BCUT2D eigenvalue weighted by atomic mass is 10.0. The predicted octanol–water partition coefficient (Wildman–Crippen LogP) is 5.21. The molecule has 0 fully saturated rings. The normalized spacial score (nSPS) is 11.6. The molecule has 11 heteroatoms. The molecule has 9 nitrogen and oxygen atoms in total. The Morgan fingerprint density at radius 1 is 1.05 bits per heavy atom. The Bertz CT molecular complexity index is 1370. The van der Waals surface area contributed by atoms with Crippen LogP contribution in [0.3, 0.4) is 0 Å². The van der Waals surface area contributed by atoms with Crippen molar-refractivity contribution < 1.29 is 23.8 Å². The molecule has 0 radical (unpaired) electrons. The van der Waals surface area contributed by atoms with Crippen LogP contribution in [0.1, 0.15) is 29.2 Å². The number of hydrogen-bond acceptors (Lipinski definition) is 9.